The highest BCUT2D eigenvalue weighted by molar-refractivity contribution is 5.72. The van der Waals surface area contributed by atoms with Gasteiger partial charge < -0.3 is 15.2 Å². The third-order valence-electron chi connectivity index (χ3n) is 4.14. The van der Waals surface area contributed by atoms with Crippen molar-refractivity contribution in [2.24, 2.45) is 11.8 Å². The van der Waals surface area contributed by atoms with E-state index in [-0.39, 0.29) is 11.9 Å². The first kappa shape index (κ1) is 17.4. The third kappa shape index (κ3) is 5.80. The van der Waals surface area contributed by atoms with Crippen molar-refractivity contribution in [1.82, 2.24) is 5.32 Å². The van der Waals surface area contributed by atoms with Gasteiger partial charge in [0, 0.05) is 12.6 Å². The van der Waals surface area contributed by atoms with Gasteiger partial charge >= 0.3 is 5.97 Å². The molecule has 4 heteroatoms. The minimum absolute atomic E-state index is 0.0247. The molecule has 2 N–H and O–H groups in total. The lowest BCUT2D eigenvalue weighted by Gasteiger charge is -2.36. The molecule has 0 radical (unpaired) electrons. The number of carbonyl (C=O) groups excluding carboxylic acids is 1. The highest BCUT2D eigenvalue weighted by Crippen LogP contribution is 2.32. The molecule has 0 saturated heterocycles. The maximum Gasteiger partial charge on any atom is 0.308 e. The molecule has 0 aromatic carbocycles. The molecule has 0 aromatic rings. The fraction of sp³-hybridized carbons (Fsp3) is 0.938. The van der Waals surface area contributed by atoms with Crippen molar-refractivity contribution in [3.8, 4) is 0 Å². The second kappa shape index (κ2) is 7.99. The van der Waals surface area contributed by atoms with Crippen molar-refractivity contribution in [3.63, 3.8) is 0 Å². The van der Waals surface area contributed by atoms with Crippen LogP contribution in [0.3, 0.4) is 0 Å². The van der Waals surface area contributed by atoms with E-state index >= 15 is 0 Å². The second-order valence-corrected chi connectivity index (χ2v) is 6.66. The molecule has 118 valence electrons. The lowest BCUT2D eigenvalue weighted by molar-refractivity contribution is -0.151. The summed E-state index contributed by atoms with van der Waals surface area (Å²) in [4.78, 5) is 11.7. The van der Waals surface area contributed by atoms with E-state index < -0.39 is 5.60 Å². The van der Waals surface area contributed by atoms with Crippen LogP contribution in [0, 0.1) is 11.8 Å². The lowest BCUT2D eigenvalue weighted by Crippen LogP contribution is -2.47. The Bertz CT molecular complexity index is 296. The average molecular weight is 285 g/mol. The van der Waals surface area contributed by atoms with Gasteiger partial charge in [0.05, 0.1) is 18.1 Å². The average Bonchev–Trinajstić information content (AvgIpc) is 2.37. The van der Waals surface area contributed by atoms with Gasteiger partial charge in [0.25, 0.3) is 0 Å². The van der Waals surface area contributed by atoms with E-state index in [4.69, 9.17) is 4.74 Å². The zero-order valence-corrected chi connectivity index (χ0v) is 13.4. The van der Waals surface area contributed by atoms with E-state index in [1.54, 1.807) is 0 Å². The second-order valence-electron chi connectivity index (χ2n) is 6.66. The highest BCUT2D eigenvalue weighted by Gasteiger charge is 2.36. The normalized spacial score (nSPS) is 28.4. The summed E-state index contributed by atoms with van der Waals surface area (Å²) in [5.74, 6) is 0.533. The maximum absolute atomic E-state index is 11.7. The zero-order valence-electron chi connectivity index (χ0n) is 13.4. The Hall–Kier alpha value is -0.610. The SMILES string of the molecule is CCOC(=O)C1CCC(O)(CNC(C)CC(C)C)CC1. The number of nitrogens with one attached hydrogen (secondary N) is 1. The van der Waals surface area contributed by atoms with Gasteiger partial charge in [-0.3, -0.25) is 4.79 Å². The van der Waals surface area contributed by atoms with Gasteiger partial charge in [-0.1, -0.05) is 13.8 Å². The molecule has 1 aliphatic rings. The van der Waals surface area contributed by atoms with Crippen LogP contribution < -0.4 is 5.32 Å². The molecule has 0 aromatic heterocycles. The van der Waals surface area contributed by atoms with Crippen LogP contribution >= 0.6 is 0 Å². The van der Waals surface area contributed by atoms with Crippen molar-refractivity contribution < 1.29 is 14.6 Å². The Morgan fingerprint density at radius 3 is 2.45 bits per heavy atom. The van der Waals surface area contributed by atoms with Crippen molar-refractivity contribution >= 4 is 5.97 Å². The summed E-state index contributed by atoms with van der Waals surface area (Å²) in [6.45, 7) is 9.46. The van der Waals surface area contributed by atoms with Crippen LogP contribution in [0.5, 0.6) is 0 Å². The summed E-state index contributed by atoms with van der Waals surface area (Å²) in [6.07, 6.45) is 3.93. The molecule has 0 bridgehead atoms. The maximum atomic E-state index is 11.7. The van der Waals surface area contributed by atoms with Crippen LogP contribution in [0.25, 0.3) is 0 Å². The largest absolute Gasteiger partial charge is 0.466 e. The first-order valence-electron chi connectivity index (χ1n) is 7.98. The van der Waals surface area contributed by atoms with Gasteiger partial charge in [0.2, 0.25) is 0 Å². The molecule has 1 saturated carbocycles. The Morgan fingerprint density at radius 1 is 1.35 bits per heavy atom. The van der Waals surface area contributed by atoms with Crippen LogP contribution in [0.1, 0.15) is 59.8 Å². The Balaban J connectivity index is 2.33. The first-order valence-corrected chi connectivity index (χ1v) is 7.98. The first-order chi connectivity index (χ1) is 9.36. The predicted octanol–water partition coefficient (Wildman–Crippen LogP) is 2.50. The summed E-state index contributed by atoms with van der Waals surface area (Å²) in [7, 11) is 0. The molecule has 1 unspecified atom stereocenters. The standard InChI is InChI=1S/C16H31NO3/c1-5-20-15(18)14-6-8-16(19,9-7-14)11-17-13(4)10-12(2)3/h12-14,17,19H,5-11H2,1-4H3. The van der Waals surface area contributed by atoms with E-state index in [9.17, 15) is 9.90 Å². The van der Waals surface area contributed by atoms with Crippen molar-refractivity contribution in [2.75, 3.05) is 13.2 Å². The molecular formula is C16H31NO3. The minimum Gasteiger partial charge on any atom is -0.466 e. The Kier molecular flexibility index (Phi) is 6.96. The summed E-state index contributed by atoms with van der Waals surface area (Å²) >= 11 is 0. The number of rotatable bonds is 7. The number of esters is 1. The molecule has 1 atom stereocenters. The number of carbonyl (C=O) groups is 1. The molecule has 0 aliphatic heterocycles. The molecule has 1 fully saturated rings. The smallest absolute Gasteiger partial charge is 0.308 e. The number of ether oxygens (including phenoxy) is 1. The van der Waals surface area contributed by atoms with E-state index in [1.807, 2.05) is 6.92 Å². The van der Waals surface area contributed by atoms with Gasteiger partial charge in [-0.15, -0.1) is 0 Å². The van der Waals surface area contributed by atoms with Gasteiger partial charge in [-0.25, -0.2) is 0 Å². The Morgan fingerprint density at radius 2 is 1.95 bits per heavy atom. The number of hydrogen-bond acceptors (Lipinski definition) is 4. The van der Waals surface area contributed by atoms with Crippen LogP contribution in [0.4, 0.5) is 0 Å². The van der Waals surface area contributed by atoms with Crippen LogP contribution in [-0.4, -0.2) is 35.9 Å². The molecule has 4 nitrogen and oxygen atoms in total. The van der Waals surface area contributed by atoms with E-state index in [0.29, 0.717) is 38.0 Å². The van der Waals surface area contributed by atoms with Crippen LogP contribution in [0.15, 0.2) is 0 Å². The molecule has 1 rings (SSSR count). The van der Waals surface area contributed by atoms with E-state index in [2.05, 4.69) is 26.1 Å². The molecule has 0 heterocycles. The summed E-state index contributed by atoms with van der Waals surface area (Å²) in [6, 6.07) is 0.418. The fourth-order valence-corrected chi connectivity index (χ4v) is 2.98. The fourth-order valence-electron chi connectivity index (χ4n) is 2.98. The summed E-state index contributed by atoms with van der Waals surface area (Å²) in [5.41, 5.74) is -0.658. The lowest BCUT2D eigenvalue weighted by atomic mass is 9.78. The third-order valence-corrected chi connectivity index (χ3v) is 4.14. The summed E-state index contributed by atoms with van der Waals surface area (Å²) < 4.78 is 5.06. The van der Waals surface area contributed by atoms with E-state index in [1.165, 1.54) is 0 Å². The van der Waals surface area contributed by atoms with Crippen molar-refractivity contribution in [3.05, 3.63) is 0 Å². The minimum atomic E-state index is -0.658. The Labute approximate surface area is 123 Å². The van der Waals surface area contributed by atoms with Crippen molar-refractivity contribution in [1.29, 1.82) is 0 Å². The summed E-state index contributed by atoms with van der Waals surface area (Å²) in [5, 5.41) is 14.0. The number of hydrogen-bond donors (Lipinski definition) is 2. The van der Waals surface area contributed by atoms with Gasteiger partial charge in [-0.05, 0) is 51.9 Å². The van der Waals surface area contributed by atoms with Crippen LogP contribution in [-0.2, 0) is 9.53 Å². The van der Waals surface area contributed by atoms with Gasteiger partial charge in [-0.2, -0.15) is 0 Å². The zero-order chi connectivity index (χ0) is 15.2. The highest BCUT2D eigenvalue weighted by atomic mass is 16.5. The number of aliphatic hydroxyl groups is 1. The molecule has 0 spiro atoms. The molecule has 1 aliphatic carbocycles. The molecule has 0 amide bonds. The predicted molar refractivity (Wildman–Crippen MR) is 80.5 cm³/mol. The van der Waals surface area contributed by atoms with Crippen LogP contribution in [0.2, 0.25) is 0 Å². The van der Waals surface area contributed by atoms with E-state index in [0.717, 1.165) is 19.3 Å². The topological polar surface area (TPSA) is 58.6 Å². The van der Waals surface area contributed by atoms with Crippen molar-refractivity contribution in [2.45, 2.75) is 71.4 Å². The van der Waals surface area contributed by atoms with Gasteiger partial charge in [0.15, 0.2) is 0 Å². The quantitative estimate of drug-likeness (QED) is 0.706. The molecule has 20 heavy (non-hydrogen) atoms. The monoisotopic (exact) mass is 285 g/mol. The van der Waals surface area contributed by atoms with Gasteiger partial charge in [0.1, 0.15) is 0 Å². The molecular weight excluding hydrogens is 254 g/mol.